The van der Waals surface area contributed by atoms with E-state index in [-0.39, 0.29) is 10.7 Å². The van der Waals surface area contributed by atoms with Crippen LogP contribution in [0.4, 0.5) is 0 Å². The third kappa shape index (κ3) is 6.25. The van der Waals surface area contributed by atoms with Gasteiger partial charge in [0.15, 0.2) is 0 Å². The molecule has 1 aromatic rings. The molecular weight excluding hydrogens is 280 g/mol. The van der Waals surface area contributed by atoms with E-state index in [1.165, 1.54) is 0 Å². The maximum absolute atomic E-state index is 11.7. The average molecular weight is 300 g/mol. The number of ether oxygens (including phenoxy) is 1. The van der Waals surface area contributed by atoms with Gasteiger partial charge in [-0.25, -0.2) is 4.79 Å². The van der Waals surface area contributed by atoms with Crippen LogP contribution < -0.4 is 0 Å². The smallest absolute Gasteiger partial charge is 0.338 e. The van der Waals surface area contributed by atoms with Crippen molar-refractivity contribution in [1.82, 2.24) is 0 Å². The molecule has 1 atom stereocenters. The van der Waals surface area contributed by atoms with Gasteiger partial charge in [0.1, 0.15) is 6.61 Å². The van der Waals surface area contributed by atoms with Crippen molar-refractivity contribution in [3.63, 3.8) is 0 Å². The first kappa shape index (κ1) is 16.2. The molecule has 1 aromatic carbocycles. The predicted molar refractivity (Wildman–Crippen MR) is 81.3 cm³/mol. The van der Waals surface area contributed by atoms with E-state index in [0.29, 0.717) is 17.1 Å². The van der Waals surface area contributed by atoms with Gasteiger partial charge in [-0.1, -0.05) is 20.8 Å². The number of rotatable bonds is 5. The van der Waals surface area contributed by atoms with Crippen molar-refractivity contribution < 1.29 is 13.7 Å². The van der Waals surface area contributed by atoms with Gasteiger partial charge in [-0.3, -0.25) is 4.21 Å². The highest BCUT2D eigenvalue weighted by molar-refractivity contribution is 8.00. The average Bonchev–Trinajstić information content (AvgIpc) is 2.33. The highest BCUT2D eigenvalue weighted by Gasteiger charge is 2.11. The van der Waals surface area contributed by atoms with Crippen LogP contribution in [0.5, 0.6) is 0 Å². The molecule has 0 fully saturated rings. The minimum absolute atomic E-state index is 0.180. The summed E-state index contributed by atoms with van der Waals surface area (Å²) < 4.78 is 16.6. The zero-order chi connectivity index (χ0) is 14.5. The number of carbonyl (C=O) groups excluding carboxylic acids is 1. The number of esters is 1. The first-order chi connectivity index (χ1) is 8.79. The molecule has 0 saturated heterocycles. The molecule has 0 aliphatic carbocycles. The Morgan fingerprint density at radius 1 is 1.26 bits per heavy atom. The molecule has 19 heavy (non-hydrogen) atoms. The van der Waals surface area contributed by atoms with E-state index in [1.807, 2.05) is 0 Å². The van der Waals surface area contributed by atoms with E-state index in [0.717, 1.165) is 5.75 Å². The fourth-order valence-corrected chi connectivity index (χ4v) is 2.65. The molecule has 0 aliphatic rings. The highest BCUT2D eigenvalue weighted by atomic mass is 32.2. The molecule has 0 heterocycles. The Balaban J connectivity index is 2.43. The van der Waals surface area contributed by atoms with Crippen molar-refractivity contribution in [2.75, 3.05) is 18.6 Å². The van der Waals surface area contributed by atoms with Crippen molar-refractivity contribution in [1.29, 1.82) is 0 Å². The zero-order valence-corrected chi connectivity index (χ0v) is 13.4. The number of thioether (sulfide) groups is 1. The first-order valence-electron chi connectivity index (χ1n) is 6.04. The number of benzene rings is 1. The van der Waals surface area contributed by atoms with Gasteiger partial charge < -0.3 is 4.74 Å². The van der Waals surface area contributed by atoms with Crippen LogP contribution in [0.1, 0.15) is 31.1 Å². The van der Waals surface area contributed by atoms with Crippen LogP contribution in [0.3, 0.4) is 0 Å². The fourth-order valence-electron chi connectivity index (χ4n) is 1.35. The van der Waals surface area contributed by atoms with Crippen LogP contribution in [0.2, 0.25) is 0 Å². The lowest BCUT2D eigenvalue weighted by molar-refractivity contribution is 0.0530. The lowest BCUT2D eigenvalue weighted by Crippen LogP contribution is -2.13. The molecule has 0 aromatic heterocycles. The third-order valence-corrected chi connectivity index (χ3v) is 4.45. The maximum atomic E-state index is 11.7. The maximum Gasteiger partial charge on any atom is 0.338 e. The van der Waals surface area contributed by atoms with Gasteiger partial charge in [-0.15, -0.1) is 0 Å². The minimum Gasteiger partial charge on any atom is -0.461 e. The van der Waals surface area contributed by atoms with Crippen LogP contribution >= 0.6 is 11.8 Å². The summed E-state index contributed by atoms with van der Waals surface area (Å²) in [5.74, 6) is 0.453. The van der Waals surface area contributed by atoms with Gasteiger partial charge >= 0.3 is 5.97 Å². The molecule has 0 amide bonds. The lowest BCUT2D eigenvalue weighted by Gasteiger charge is -2.17. The predicted octanol–water partition coefficient (Wildman–Crippen LogP) is 3.11. The molecule has 0 bridgehead atoms. The molecule has 0 saturated carbocycles. The Bertz CT molecular complexity index is 447. The van der Waals surface area contributed by atoms with Gasteiger partial charge in [0, 0.05) is 32.5 Å². The Labute approximate surface area is 121 Å². The monoisotopic (exact) mass is 300 g/mol. The molecule has 0 spiro atoms. The van der Waals surface area contributed by atoms with Crippen molar-refractivity contribution in [2.45, 2.75) is 30.4 Å². The molecule has 5 heteroatoms. The summed E-state index contributed by atoms with van der Waals surface area (Å²) in [5, 5.41) is 0. The van der Waals surface area contributed by atoms with Crippen LogP contribution in [0.25, 0.3) is 0 Å². The summed E-state index contributed by atoms with van der Waals surface area (Å²) in [6.45, 7) is 6.79. The van der Waals surface area contributed by atoms with Crippen LogP contribution in [-0.2, 0) is 15.5 Å². The lowest BCUT2D eigenvalue weighted by atomic mass is 10.2. The van der Waals surface area contributed by atoms with Crippen molar-refractivity contribution in [3.05, 3.63) is 29.8 Å². The Morgan fingerprint density at radius 3 is 2.32 bits per heavy atom. The molecular formula is C14H20O3S2. The van der Waals surface area contributed by atoms with Crippen molar-refractivity contribution in [2.24, 2.45) is 0 Å². The quantitative estimate of drug-likeness (QED) is 0.619. The summed E-state index contributed by atoms with van der Waals surface area (Å²) in [6, 6.07) is 6.68. The van der Waals surface area contributed by atoms with E-state index >= 15 is 0 Å². The van der Waals surface area contributed by atoms with E-state index in [9.17, 15) is 9.00 Å². The van der Waals surface area contributed by atoms with Crippen LogP contribution in [0, 0.1) is 0 Å². The van der Waals surface area contributed by atoms with Crippen LogP contribution in [-0.4, -0.2) is 33.5 Å². The van der Waals surface area contributed by atoms with Gasteiger partial charge in [0.25, 0.3) is 0 Å². The minimum atomic E-state index is -1.02. The van der Waals surface area contributed by atoms with Gasteiger partial charge in [-0.05, 0) is 24.3 Å². The summed E-state index contributed by atoms with van der Waals surface area (Å²) in [7, 11) is -1.02. The molecule has 0 N–H and O–H groups in total. The number of hydrogen-bond donors (Lipinski definition) is 0. The Morgan fingerprint density at radius 2 is 1.84 bits per heavy atom. The van der Waals surface area contributed by atoms with Gasteiger partial charge in [0.2, 0.25) is 0 Å². The van der Waals surface area contributed by atoms with E-state index in [1.54, 1.807) is 42.3 Å². The second-order valence-electron chi connectivity index (χ2n) is 5.08. The van der Waals surface area contributed by atoms with Gasteiger partial charge in [-0.2, -0.15) is 11.8 Å². The molecule has 0 unspecified atom stereocenters. The van der Waals surface area contributed by atoms with E-state index in [2.05, 4.69) is 20.8 Å². The number of hydrogen-bond acceptors (Lipinski definition) is 4. The normalized spacial score (nSPS) is 13.1. The Hall–Kier alpha value is -0.810. The first-order valence-corrected chi connectivity index (χ1v) is 8.58. The zero-order valence-electron chi connectivity index (χ0n) is 11.8. The third-order valence-electron chi connectivity index (χ3n) is 2.27. The number of carbonyl (C=O) groups is 1. The highest BCUT2D eigenvalue weighted by Crippen LogP contribution is 2.22. The largest absolute Gasteiger partial charge is 0.461 e. The second-order valence-corrected chi connectivity index (χ2v) is 8.38. The standard InChI is InChI=1S/C14H20O3S2/c1-14(2,3)18-10-9-17-13(15)11-5-7-12(8-6-11)19(4)16/h5-8H,9-10H2,1-4H3/t19-/m0/s1. The molecule has 1 rings (SSSR count). The SMILES string of the molecule is C[S@](=O)c1ccc(C(=O)OCCSC(C)(C)C)cc1. The second kappa shape index (κ2) is 7.10. The van der Waals surface area contributed by atoms with Crippen molar-refractivity contribution >= 4 is 28.5 Å². The van der Waals surface area contributed by atoms with Gasteiger partial charge in [0.05, 0.1) is 5.56 Å². The summed E-state index contributed by atoms with van der Waals surface area (Å²) in [6.07, 6.45) is 1.61. The molecule has 0 aliphatic heterocycles. The van der Waals surface area contributed by atoms with Crippen LogP contribution in [0.15, 0.2) is 29.2 Å². The summed E-state index contributed by atoms with van der Waals surface area (Å²) >= 11 is 1.76. The fraction of sp³-hybridized carbons (Fsp3) is 0.500. The van der Waals surface area contributed by atoms with E-state index in [4.69, 9.17) is 4.74 Å². The molecule has 106 valence electrons. The Kier molecular flexibility index (Phi) is 6.07. The van der Waals surface area contributed by atoms with E-state index < -0.39 is 10.8 Å². The topological polar surface area (TPSA) is 43.4 Å². The summed E-state index contributed by atoms with van der Waals surface area (Å²) in [4.78, 5) is 12.5. The molecule has 3 nitrogen and oxygen atoms in total. The summed E-state index contributed by atoms with van der Waals surface area (Å²) in [5.41, 5.74) is 0.495. The van der Waals surface area contributed by atoms with Crippen molar-refractivity contribution in [3.8, 4) is 0 Å². The molecule has 0 radical (unpaired) electrons.